The first kappa shape index (κ1) is 14.0. The molecule has 1 amide bonds. The van der Waals surface area contributed by atoms with Crippen LogP contribution in [0.5, 0.6) is 0 Å². The van der Waals surface area contributed by atoms with E-state index in [0.717, 1.165) is 18.5 Å². The Morgan fingerprint density at radius 1 is 1.19 bits per heavy atom. The van der Waals surface area contributed by atoms with Crippen molar-refractivity contribution < 1.29 is 14.7 Å². The largest absolute Gasteiger partial charge is 0.481 e. The fraction of sp³-hybridized carbons (Fsp3) is 0.562. The summed E-state index contributed by atoms with van der Waals surface area (Å²) in [6, 6.07) is 6.04. The van der Waals surface area contributed by atoms with Gasteiger partial charge in [0.05, 0.1) is 18.2 Å². The van der Waals surface area contributed by atoms with Crippen LogP contribution in [-0.4, -0.2) is 32.9 Å². The Kier molecular flexibility index (Phi) is 3.90. The summed E-state index contributed by atoms with van der Waals surface area (Å²) in [5.41, 5.74) is 0.894. The second-order valence-corrected chi connectivity index (χ2v) is 6.06. The van der Waals surface area contributed by atoms with E-state index in [-0.39, 0.29) is 17.7 Å². The molecule has 0 aromatic carbocycles. The zero-order valence-corrected chi connectivity index (χ0v) is 11.9. The molecule has 0 radical (unpaired) electrons. The number of hydrogen-bond acceptors (Lipinski definition) is 3. The molecule has 0 spiro atoms. The van der Waals surface area contributed by atoms with Crippen molar-refractivity contribution in [2.24, 2.45) is 11.8 Å². The average Bonchev–Trinajstić information content (AvgIpc) is 3.20. The number of amides is 1. The van der Waals surface area contributed by atoms with Crippen molar-refractivity contribution in [1.29, 1.82) is 0 Å². The average molecular weight is 288 g/mol. The summed E-state index contributed by atoms with van der Waals surface area (Å²) in [7, 11) is 0. The molecule has 1 aromatic rings. The number of carbonyl (C=O) groups excluding carboxylic acids is 1. The fourth-order valence-electron chi connectivity index (χ4n) is 3.10. The molecule has 1 N–H and O–H groups in total. The van der Waals surface area contributed by atoms with Crippen LogP contribution in [0.2, 0.25) is 0 Å². The Bertz CT molecular complexity index is 528. The van der Waals surface area contributed by atoms with Crippen molar-refractivity contribution in [3.63, 3.8) is 0 Å². The summed E-state index contributed by atoms with van der Waals surface area (Å²) in [5.74, 6) is -1.13. The highest BCUT2D eigenvalue weighted by Crippen LogP contribution is 2.36. The summed E-state index contributed by atoms with van der Waals surface area (Å²) in [4.78, 5) is 30.0. The Balaban J connectivity index is 1.67. The molecule has 0 unspecified atom stereocenters. The maximum Gasteiger partial charge on any atom is 0.306 e. The van der Waals surface area contributed by atoms with Crippen LogP contribution in [-0.2, 0) is 16.1 Å². The molecular weight excluding hydrogens is 268 g/mol. The molecule has 1 heterocycles. The van der Waals surface area contributed by atoms with E-state index in [1.165, 1.54) is 0 Å². The lowest BCUT2D eigenvalue weighted by atomic mass is 10.0. The van der Waals surface area contributed by atoms with Gasteiger partial charge in [-0.1, -0.05) is 6.07 Å². The third kappa shape index (κ3) is 3.23. The highest BCUT2D eigenvalue weighted by molar-refractivity contribution is 5.81. The number of aliphatic carboxylic acids is 1. The molecule has 0 saturated heterocycles. The van der Waals surface area contributed by atoms with Crippen LogP contribution in [0, 0.1) is 11.8 Å². The van der Waals surface area contributed by atoms with Crippen LogP contribution in [0.15, 0.2) is 24.4 Å². The van der Waals surface area contributed by atoms with Crippen molar-refractivity contribution in [2.75, 3.05) is 0 Å². The molecule has 0 bridgehead atoms. The molecule has 2 atom stereocenters. The summed E-state index contributed by atoms with van der Waals surface area (Å²) < 4.78 is 0. The summed E-state index contributed by atoms with van der Waals surface area (Å²) >= 11 is 0. The topological polar surface area (TPSA) is 70.5 Å². The molecule has 2 fully saturated rings. The lowest BCUT2D eigenvalue weighted by molar-refractivity contribution is -0.141. The maximum absolute atomic E-state index is 12.7. The van der Waals surface area contributed by atoms with Crippen LogP contribution in [0.25, 0.3) is 0 Å². The minimum atomic E-state index is -0.770. The van der Waals surface area contributed by atoms with Gasteiger partial charge in [-0.05, 0) is 44.2 Å². The van der Waals surface area contributed by atoms with Gasteiger partial charge in [-0.15, -0.1) is 0 Å². The molecule has 0 aliphatic heterocycles. The number of nitrogens with zero attached hydrogens (tertiary/aromatic N) is 2. The summed E-state index contributed by atoms with van der Waals surface area (Å²) in [6.45, 7) is 0.540. The van der Waals surface area contributed by atoms with Gasteiger partial charge in [0.25, 0.3) is 0 Å². The number of carboxylic acids is 1. The first-order valence-corrected chi connectivity index (χ1v) is 7.58. The molecule has 5 nitrogen and oxygen atoms in total. The minimum absolute atomic E-state index is 0.118. The molecule has 2 saturated carbocycles. The maximum atomic E-state index is 12.7. The van der Waals surface area contributed by atoms with Gasteiger partial charge in [0, 0.05) is 18.2 Å². The van der Waals surface area contributed by atoms with Crippen LogP contribution < -0.4 is 0 Å². The lowest BCUT2D eigenvalue weighted by Crippen LogP contribution is -2.37. The molecule has 2 aliphatic carbocycles. The number of pyridine rings is 1. The molecular formula is C16H20N2O3. The van der Waals surface area contributed by atoms with Crippen LogP contribution in [0.4, 0.5) is 0 Å². The van der Waals surface area contributed by atoms with Crippen LogP contribution in [0.3, 0.4) is 0 Å². The zero-order chi connectivity index (χ0) is 14.8. The Labute approximate surface area is 124 Å². The van der Waals surface area contributed by atoms with E-state index >= 15 is 0 Å². The van der Waals surface area contributed by atoms with Gasteiger partial charge in [-0.25, -0.2) is 0 Å². The number of hydrogen-bond donors (Lipinski definition) is 1. The molecule has 5 heteroatoms. The Hall–Kier alpha value is -1.91. The fourth-order valence-corrected chi connectivity index (χ4v) is 3.10. The quantitative estimate of drug-likeness (QED) is 0.900. The SMILES string of the molecule is O=C(O)[C@H]1CC[C@@H](C(=O)N(Cc2ccccn2)C2CC2)C1. The third-order valence-corrected chi connectivity index (χ3v) is 4.46. The highest BCUT2D eigenvalue weighted by Gasteiger charge is 2.40. The van der Waals surface area contributed by atoms with Gasteiger partial charge in [0.1, 0.15) is 0 Å². The van der Waals surface area contributed by atoms with E-state index in [2.05, 4.69) is 4.98 Å². The lowest BCUT2D eigenvalue weighted by Gasteiger charge is -2.25. The number of carboxylic acid groups (broad SMARTS) is 1. The zero-order valence-electron chi connectivity index (χ0n) is 11.9. The minimum Gasteiger partial charge on any atom is -0.481 e. The van der Waals surface area contributed by atoms with Crippen LogP contribution in [0.1, 0.15) is 37.8 Å². The highest BCUT2D eigenvalue weighted by atomic mass is 16.4. The van der Waals surface area contributed by atoms with Crippen molar-refractivity contribution >= 4 is 11.9 Å². The van der Waals surface area contributed by atoms with E-state index in [4.69, 9.17) is 5.11 Å². The Morgan fingerprint density at radius 2 is 1.95 bits per heavy atom. The van der Waals surface area contributed by atoms with E-state index in [1.807, 2.05) is 23.1 Å². The van der Waals surface area contributed by atoms with Gasteiger partial charge in [-0.3, -0.25) is 14.6 Å². The van der Waals surface area contributed by atoms with Gasteiger partial charge in [-0.2, -0.15) is 0 Å². The van der Waals surface area contributed by atoms with Crippen molar-refractivity contribution in [3.05, 3.63) is 30.1 Å². The van der Waals surface area contributed by atoms with Crippen molar-refractivity contribution in [2.45, 2.75) is 44.7 Å². The second-order valence-electron chi connectivity index (χ2n) is 6.06. The van der Waals surface area contributed by atoms with Gasteiger partial charge >= 0.3 is 5.97 Å². The van der Waals surface area contributed by atoms with Gasteiger partial charge in [0.15, 0.2) is 0 Å². The Morgan fingerprint density at radius 3 is 2.52 bits per heavy atom. The van der Waals surface area contributed by atoms with E-state index in [0.29, 0.717) is 31.8 Å². The molecule has 3 rings (SSSR count). The van der Waals surface area contributed by atoms with Gasteiger partial charge in [0.2, 0.25) is 5.91 Å². The normalized spacial score (nSPS) is 24.8. The number of aromatic nitrogens is 1. The van der Waals surface area contributed by atoms with E-state index in [1.54, 1.807) is 6.20 Å². The van der Waals surface area contributed by atoms with Crippen molar-refractivity contribution in [1.82, 2.24) is 9.88 Å². The molecule has 2 aliphatic rings. The molecule has 1 aromatic heterocycles. The van der Waals surface area contributed by atoms with Gasteiger partial charge < -0.3 is 10.0 Å². The summed E-state index contributed by atoms with van der Waals surface area (Å²) in [5, 5.41) is 9.07. The predicted molar refractivity (Wildman–Crippen MR) is 76.3 cm³/mol. The monoisotopic (exact) mass is 288 g/mol. The standard InChI is InChI=1S/C16H20N2O3/c19-15(11-4-5-12(9-11)16(20)21)18(14-6-7-14)10-13-3-1-2-8-17-13/h1-3,8,11-12,14H,4-7,9-10H2,(H,20,21)/t11-,12+/m1/s1. The third-order valence-electron chi connectivity index (χ3n) is 4.46. The number of carbonyl (C=O) groups is 2. The van der Waals surface area contributed by atoms with E-state index in [9.17, 15) is 9.59 Å². The smallest absolute Gasteiger partial charge is 0.306 e. The number of rotatable bonds is 5. The van der Waals surface area contributed by atoms with E-state index < -0.39 is 5.97 Å². The summed E-state index contributed by atoms with van der Waals surface area (Å²) in [6.07, 6.45) is 5.64. The molecule has 112 valence electrons. The first-order chi connectivity index (χ1) is 10.1. The predicted octanol–water partition coefficient (Wildman–Crippen LogP) is 2.07. The second kappa shape index (κ2) is 5.84. The van der Waals surface area contributed by atoms with Crippen molar-refractivity contribution in [3.8, 4) is 0 Å². The first-order valence-electron chi connectivity index (χ1n) is 7.58. The molecule has 21 heavy (non-hydrogen) atoms. The van der Waals surface area contributed by atoms with Crippen LogP contribution >= 0.6 is 0 Å².